The van der Waals surface area contributed by atoms with Crippen molar-refractivity contribution in [1.82, 2.24) is 0 Å². The zero-order chi connectivity index (χ0) is 15.7. The van der Waals surface area contributed by atoms with E-state index in [4.69, 9.17) is 11.6 Å². The Morgan fingerprint density at radius 3 is 2.73 bits per heavy atom. The van der Waals surface area contributed by atoms with Crippen molar-refractivity contribution in [3.05, 3.63) is 58.6 Å². The third-order valence-corrected chi connectivity index (χ3v) is 5.80. The summed E-state index contributed by atoms with van der Waals surface area (Å²) < 4.78 is 23.8. The van der Waals surface area contributed by atoms with Gasteiger partial charge in [-0.15, -0.1) is 0 Å². The van der Waals surface area contributed by atoms with Crippen molar-refractivity contribution in [2.75, 3.05) is 11.1 Å². The second-order valence-electron chi connectivity index (χ2n) is 5.21. The average Bonchev–Trinajstić information content (AvgIpc) is 2.77. The van der Waals surface area contributed by atoms with Crippen molar-refractivity contribution >= 4 is 33.0 Å². The summed E-state index contributed by atoms with van der Waals surface area (Å²) in [7, 11) is -3.20. The monoisotopic (exact) mass is 335 g/mol. The second-order valence-corrected chi connectivity index (χ2v) is 7.69. The first-order valence-corrected chi connectivity index (χ1v) is 8.88. The van der Waals surface area contributed by atoms with Gasteiger partial charge in [0.1, 0.15) is 0 Å². The third kappa shape index (κ3) is 3.00. The molecule has 0 spiro atoms. The van der Waals surface area contributed by atoms with Crippen molar-refractivity contribution in [3.63, 3.8) is 0 Å². The standard InChI is InChI=1S/C16H14ClNO3S/c17-14-4-2-1-3-12(14)9-16(19)18-13-6-5-11-7-8-22(20,21)15(11)10-13/h1-6,10H,7-9H2,(H,18,19). The molecule has 1 heterocycles. The smallest absolute Gasteiger partial charge is 0.228 e. The molecule has 3 rings (SSSR count). The summed E-state index contributed by atoms with van der Waals surface area (Å²) in [6.45, 7) is 0. The normalized spacial score (nSPS) is 15.3. The van der Waals surface area contributed by atoms with E-state index in [0.717, 1.165) is 11.1 Å². The predicted molar refractivity (Wildman–Crippen MR) is 86.0 cm³/mol. The molecule has 1 amide bonds. The number of carbonyl (C=O) groups is 1. The lowest BCUT2D eigenvalue weighted by atomic mass is 10.1. The van der Waals surface area contributed by atoms with Gasteiger partial charge in [-0.3, -0.25) is 4.79 Å². The van der Waals surface area contributed by atoms with Crippen LogP contribution in [0, 0.1) is 0 Å². The molecule has 0 atom stereocenters. The van der Waals surface area contributed by atoms with Crippen molar-refractivity contribution in [2.45, 2.75) is 17.7 Å². The van der Waals surface area contributed by atoms with Gasteiger partial charge in [-0.05, 0) is 35.7 Å². The highest BCUT2D eigenvalue weighted by Gasteiger charge is 2.26. The molecule has 1 N–H and O–H groups in total. The Bertz CT molecular complexity index is 846. The lowest BCUT2D eigenvalue weighted by Crippen LogP contribution is -2.15. The molecule has 0 saturated carbocycles. The Balaban J connectivity index is 1.77. The van der Waals surface area contributed by atoms with Crippen LogP contribution in [0.2, 0.25) is 5.02 Å². The second kappa shape index (κ2) is 5.74. The maximum Gasteiger partial charge on any atom is 0.228 e. The number of hydrogen-bond acceptors (Lipinski definition) is 3. The van der Waals surface area contributed by atoms with Gasteiger partial charge in [0, 0.05) is 10.7 Å². The van der Waals surface area contributed by atoms with E-state index in [0.29, 0.717) is 22.0 Å². The minimum atomic E-state index is -3.20. The molecular formula is C16H14ClNO3S. The van der Waals surface area contributed by atoms with Gasteiger partial charge < -0.3 is 5.32 Å². The summed E-state index contributed by atoms with van der Waals surface area (Å²) >= 11 is 6.03. The van der Waals surface area contributed by atoms with Gasteiger partial charge in [0.2, 0.25) is 5.91 Å². The van der Waals surface area contributed by atoms with E-state index in [-0.39, 0.29) is 18.1 Å². The highest BCUT2D eigenvalue weighted by atomic mass is 35.5. The Labute approximate surface area is 134 Å². The van der Waals surface area contributed by atoms with Crippen LogP contribution >= 0.6 is 11.6 Å². The molecule has 1 aliphatic heterocycles. The SMILES string of the molecule is O=C(Cc1ccccc1Cl)Nc1ccc2c(c1)S(=O)(=O)CC2. The number of fused-ring (bicyclic) bond motifs is 1. The lowest BCUT2D eigenvalue weighted by Gasteiger charge is -2.08. The van der Waals surface area contributed by atoms with Crippen LogP contribution in [0.5, 0.6) is 0 Å². The molecule has 0 saturated heterocycles. The number of benzene rings is 2. The van der Waals surface area contributed by atoms with Gasteiger partial charge in [-0.2, -0.15) is 0 Å². The van der Waals surface area contributed by atoms with Crippen molar-refractivity contribution in [1.29, 1.82) is 0 Å². The zero-order valence-electron chi connectivity index (χ0n) is 11.7. The molecule has 22 heavy (non-hydrogen) atoms. The number of halogens is 1. The number of sulfone groups is 1. The number of nitrogens with one attached hydrogen (secondary N) is 1. The quantitative estimate of drug-likeness (QED) is 0.938. The van der Waals surface area contributed by atoms with E-state index < -0.39 is 9.84 Å². The van der Waals surface area contributed by atoms with Crippen LogP contribution in [0.1, 0.15) is 11.1 Å². The number of aryl methyl sites for hydroxylation is 1. The molecule has 0 unspecified atom stereocenters. The van der Waals surface area contributed by atoms with E-state index in [9.17, 15) is 13.2 Å². The molecule has 6 heteroatoms. The summed E-state index contributed by atoms with van der Waals surface area (Å²) in [6, 6.07) is 12.1. The van der Waals surface area contributed by atoms with Crippen molar-refractivity contribution in [2.24, 2.45) is 0 Å². The lowest BCUT2D eigenvalue weighted by molar-refractivity contribution is -0.115. The Kier molecular flexibility index (Phi) is 3.93. The zero-order valence-corrected chi connectivity index (χ0v) is 13.2. The molecule has 2 aromatic carbocycles. The fraction of sp³-hybridized carbons (Fsp3) is 0.188. The predicted octanol–water partition coefficient (Wildman–Crippen LogP) is 2.85. The van der Waals surface area contributed by atoms with Gasteiger partial charge in [0.25, 0.3) is 0 Å². The highest BCUT2D eigenvalue weighted by Crippen LogP contribution is 2.28. The first kappa shape index (κ1) is 15.1. The average molecular weight is 336 g/mol. The number of rotatable bonds is 3. The van der Waals surface area contributed by atoms with Crippen LogP contribution < -0.4 is 5.32 Å². The summed E-state index contributed by atoms with van der Waals surface area (Å²) in [5, 5.41) is 3.26. The summed E-state index contributed by atoms with van der Waals surface area (Å²) in [5.41, 5.74) is 2.03. The molecule has 0 fully saturated rings. The van der Waals surface area contributed by atoms with Crippen molar-refractivity contribution < 1.29 is 13.2 Å². The van der Waals surface area contributed by atoms with Crippen LogP contribution in [0.3, 0.4) is 0 Å². The van der Waals surface area contributed by atoms with E-state index in [1.165, 1.54) is 6.07 Å². The molecule has 4 nitrogen and oxygen atoms in total. The molecule has 114 valence electrons. The van der Waals surface area contributed by atoms with Crippen LogP contribution in [0.4, 0.5) is 5.69 Å². The topological polar surface area (TPSA) is 63.2 Å². The van der Waals surface area contributed by atoms with Gasteiger partial charge in [0.15, 0.2) is 9.84 Å². The summed E-state index contributed by atoms with van der Waals surface area (Å²) in [5.74, 6) is -0.0947. The summed E-state index contributed by atoms with van der Waals surface area (Å²) in [4.78, 5) is 12.4. The molecular weight excluding hydrogens is 322 g/mol. The van der Waals surface area contributed by atoms with Crippen molar-refractivity contribution in [3.8, 4) is 0 Å². The van der Waals surface area contributed by atoms with E-state index in [1.54, 1.807) is 30.3 Å². The first-order chi connectivity index (χ1) is 10.5. The third-order valence-electron chi connectivity index (χ3n) is 3.63. The molecule has 1 aliphatic rings. The van der Waals surface area contributed by atoms with Crippen LogP contribution in [-0.2, 0) is 27.5 Å². The fourth-order valence-corrected chi connectivity index (χ4v) is 4.29. The van der Waals surface area contributed by atoms with Crippen LogP contribution in [-0.4, -0.2) is 20.1 Å². The fourth-order valence-electron chi connectivity index (χ4n) is 2.50. The minimum Gasteiger partial charge on any atom is -0.326 e. The molecule has 0 aliphatic carbocycles. The molecule has 0 aromatic heterocycles. The van der Waals surface area contributed by atoms with E-state index >= 15 is 0 Å². The number of amides is 1. The first-order valence-electron chi connectivity index (χ1n) is 6.85. The molecule has 0 bridgehead atoms. The Morgan fingerprint density at radius 2 is 1.95 bits per heavy atom. The van der Waals surface area contributed by atoms with Gasteiger partial charge in [-0.25, -0.2) is 8.42 Å². The maximum atomic E-state index is 12.1. The van der Waals surface area contributed by atoms with Crippen LogP contribution in [0.25, 0.3) is 0 Å². The molecule has 2 aromatic rings. The Hall–Kier alpha value is -1.85. The number of anilines is 1. The number of carbonyl (C=O) groups excluding carboxylic acids is 1. The largest absolute Gasteiger partial charge is 0.326 e. The number of hydrogen-bond donors (Lipinski definition) is 1. The van der Waals surface area contributed by atoms with Crippen LogP contribution in [0.15, 0.2) is 47.4 Å². The van der Waals surface area contributed by atoms with Gasteiger partial charge in [-0.1, -0.05) is 35.9 Å². The summed E-state index contributed by atoms with van der Waals surface area (Å²) in [6.07, 6.45) is 0.676. The van der Waals surface area contributed by atoms with E-state index in [1.807, 2.05) is 6.07 Å². The maximum absolute atomic E-state index is 12.1. The van der Waals surface area contributed by atoms with E-state index in [2.05, 4.69) is 5.32 Å². The Morgan fingerprint density at radius 1 is 1.18 bits per heavy atom. The highest BCUT2D eigenvalue weighted by molar-refractivity contribution is 7.91. The van der Waals surface area contributed by atoms with Gasteiger partial charge in [0.05, 0.1) is 17.1 Å². The minimum absolute atomic E-state index is 0.138. The molecule has 0 radical (unpaired) electrons. The van der Waals surface area contributed by atoms with Gasteiger partial charge >= 0.3 is 0 Å².